The Morgan fingerprint density at radius 3 is 2.40 bits per heavy atom. The predicted molar refractivity (Wildman–Crippen MR) is 43.7 cm³/mol. The normalized spacial score (nSPS) is 10.0. The number of hydrogen-bond donors (Lipinski definition) is 1. The molecule has 1 aromatic carbocycles. The molecular weight excluding hydrogens is 194 g/mol. The Balaban J connectivity index is 3.34. The van der Waals surface area contributed by atoms with E-state index >= 15 is 0 Å². The van der Waals surface area contributed by atoms with E-state index in [4.69, 9.17) is 23.2 Å². The summed E-state index contributed by atoms with van der Waals surface area (Å²) in [5.41, 5.74) is 0. The molecule has 0 fully saturated rings. The van der Waals surface area contributed by atoms with Crippen LogP contribution in [0.4, 0.5) is 4.39 Å². The zero-order valence-corrected chi connectivity index (χ0v) is 7.14. The van der Waals surface area contributed by atoms with Gasteiger partial charge in [0, 0.05) is 4.90 Å². The third kappa shape index (κ3) is 1.39. The van der Waals surface area contributed by atoms with Crippen LogP contribution < -0.4 is 0 Å². The van der Waals surface area contributed by atoms with Crippen molar-refractivity contribution in [2.24, 2.45) is 0 Å². The number of hydrogen-bond acceptors (Lipinski definition) is 1. The van der Waals surface area contributed by atoms with E-state index in [-0.39, 0.29) is 9.92 Å². The third-order valence-electron chi connectivity index (χ3n) is 1.02. The second-order valence-electron chi connectivity index (χ2n) is 1.69. The molecule has 1 rings (SSSR count). The van der Waals surface area contributed by atoms with E-state index in [1.54, 1.807) is 0 Å². The summed E-state index contributed by atoms with van der Waals surface area (Å²) < 4.78 is 12.5. The Morgan fingerprint density at radius 1 is 1.30 bits per heavy atom. The molecule has 0 nitrogen and oxygen atoms in total. The fraction of sp³-hybridized carbons (Fsp3) is 0. The predicted octanol–water partition coefficient (Wildman–Crippen LogP) is 3.42. The highest BCUT2D eigenvalue weighted by atomic mass is 35.5. The van der Waals surface area contributed by atoms with Crippen LogP contribution in [-0.2, 0) is 0 Å². The molecule has 0 aliphatic heterocycles. The molecule has 0 radical (unpaired) electrons. The highest BCUT2D eigenvalue weighted by Gasteiger charge is 2.05. The van der Waals surface area contributed by atoms with Gasteiger partial charge in [0.2, 0.25) is 0 Å². The third-order valence-corrected chi connectivity index (χ3v) is 2.43. The molecule has 0 unspecified atom stereocenters. The lowest BCUT2D eigenvalue weighted by molar-refractivity contribution is 0.625. The van der Waals surface area contributed by atoms with E-state index in [9.17, 15) is 4.39 Å². The molecule has 0 aliphatic carbocycles. The van der Waals surface area contributed by atoms with E-state index in [0.29, 0.717) is 5.02 Å². The van der Waals surface area contributed by atoms with E-state index in [1.165, 1.54) is 12.1 Å². The van der Waals surface area contributed by atoms with Crippen molar-refractivity contribution in [3.63, 3.8) is 0 Å². The lowest BCUT2D eigenvalue weighted by Gasteiger charge is -1.98. The minimum Gasteiger partial charge on any atom is -0.205 e. The average molecular weight is 197 g/mol. The first-order valence-corrected chi connectivity index (χ1v) is 3.65. The van der Waals surface area contributed by atoms with Gasteiger partial charge in [0.25, 0.3) is 0 Å². The van der Waals surface area contributed by atoms with Crippen molar-refractivity contribution in [3.8, 4) is 0 Å². The lowest BCUT2D eigenvalue weighted by atomic mass is 10.3. The minimum atomic E-state index is -0.504. The van der Waals surface area contributed by atoms with Crippen molar-refractivity contribution in [1.29, 1.82) is 0 Å². The Morgan fingerprint density at radius 2 is 1.90 bits per heavy atom. The lowest BCUT2D eigenvalue weighted by Crippen LogP contribution is -1.78. The first-order chi connectivity index (χ1) is 4.63. The topological polar surface area (TPSA) is 0 Å². The largest absolute Gasteiger partial charge is 0.205 e. The van der Waals surface area contributed by atoms with Crippen molar-refractivity contribution in [2.75, 3.05) is 0 Å². The van der Waals surface area contributed by atoms with E-state index in [0.717, 1.165) is 0 Å². The van der Waals surface area contributed by atoms with Crippen molar-refractivity contribution in [1.82, 2.24) is 0 Å². The molecule has 0 saturated carbocycles. The smallest absolute Gasteiger partial charge is 0.143 e. The molecule has 54 valence electrons. The molecule has 10 heavy (non-hydrogen) atoms. The first-order valence-electron chi connectivity index (χ1n) is 2.45. The van der Waals surface area contributed by atoms with Gasteiger partial charge >= 0.3 is 0 Å². The van der Waals surface area contributed by atoms with Gasteiger partial charge in [0.15, 0.2) is 0 Å². The van der Waals surface area contributed by atoms with Crippen molar-refractivity contribution >= 4 is 35.8 Å². The van der Waals surface area contributed by atoms with Crippen LogP contribution in [0.1, 0.15) is 0 Å². The van der Waals surface area contributed by atoms with Gasteiger partial charge in [-0.25, -0.2) is 4.39 Å². The van der Waals surface area contributed by atoms with Gasteiger partial charge in [0.1, 0.15) is 5.82 Å². The summed E-state index contributed by atoms with van der Waals surface area (Å²) in [6, 6.07) is 2.61. The maximum Gasteiger partial charge on any atom is 0.143 e. The van der Waals surface area contributed by atoms with Gasteiger partial charge in [-0.1, -0.05) is 23.2 Å². The Hall–Kier alpha value is 0.0800. The molecule has 4 heteroatoms. The summed E-state index contributed by atoms with van der Waals surface area (Å²) >= 11 is 14.9. The molecule has 0 amide bonds. The second kappa shape index (κ2) is 2.99. The van der Waals surface area contributed by atoms with Crippen LogP contribution >= 0.6 is 35.8 Å². The highest BCUT2D eigenvalue weighted by Crippen LogP contribution is 2.29. The van der Waals surface area contributed by atoms with E-state index in [1.807, 2.05) is 0 Å². The summed E-state index contributed by atoms with van der Waals surface area (Å²) in [6.45, 7) is 0. The maximum atomic E-state index is 12.5. The maximum absolute atomic E-state index is 12.5. The molecule has 0 bridgehead atoms. The van der Waals surface area contributed by atoms with Crippen LogP contribution in [0.15, 0.2) is 17.0 Å². The van der Waals surface area contributed by atoms with Crippen molar-refractivity contribution < 1.29 is 4.39 Å². The Kier molecular flexibility index (Phi) is 2.45. The summed E-state index contributed by atoms with van der Waals surface area (Å²) in [6.07, 6.45) is 0. The molecule has 0 atom stereocenters. The van der Waals surface area contributed by atoms with Crippen LogP contribution in [0.3, 0.4) is 0 Å². The summed E-state index contributed by atoms with van der Waals surface area (Å²) in [5, 5.41) is 0.325. The second-order valence-corrected chi connectivity index (χ2v) is 2.92. The quantitative estimate of drug-likeness (QED) is 0.478. The fourth-order valence-corrected chi connectivity index (χ4v) is 1.07. The van der Waals surface area contributed by atoms with Gasteiger partial charge in [0.05, 0.1) is 10.0 Å². The number of rotatable bonds is 0. The molecule has 0 aromatic heterocycles. The molecule has 0 spiro atoms. The number of benzene rings is 1. The van der Waals surface area contributed by atoms with Crippen molar-refractivity contribution in [3.05, 3.63) is 28.0 Å². The van der Waals surface area contributed by atoms with Gasteiger partial charge in [-0.05, 0) is 12.1 Å². The van der Waals surface area contributed by atoms with Crippen molar-refractivity contribution in [2.45, 2.75) is 4.90 Å². The van der Waals surface area contributed by atoms with Crippen LogP contribution in [0.2, 0.25) is 10.0 Å². The summed E-state index contributed by atoms with van der Waals surface area (Å²) in [5.74, 6) is -0.504. The van der Waals surface area contributed by atoms with Crippen LogP contribution in [0.25, 0.3) is 0 Å². The zero-order valence-electron chi connectivity index (χ0n) is 4.74. The zero-order chi connectivity index (χ0) is 7.72. The Labute approximate surface area is 73.4 Å². The SMILES string of the molecule is Fc1ccc(Cl)c(S)c1Cl. The number of thiol groups is 1. The van der Waals surface area contributed by atoms with Gasteiger partial charge in [-0.3, -0.25) is 0 Å². The monoisotopic (exact) mass is 196 g/mol. The molecule has 0 aliphatic rings. The molecule has 1 aromatic rings. The van der Waals surface area contributed by atoms with Crippen LogP contribution in [0, 0.1) is 5.82 Å². The molecule has 0 N–H and O–H groups in total. The van der Waals surface area contributed by atoms with E-state index < -0.39 is 5.82 Å². The Bertz CT molecular complexity index is 235. The number of halogens is 3. The summed E-state index contributed by atoms with van der Waals surface area (Å²) in [7, 11) is 0. The highest BCUT2D eigenvalue weighted by molar-refractivity contribution is 7.80. The van der Waals surface area contributed by atoms with E-state index in [2.05, 4.69) is 12.6 Å². The minimum absolute atomic E-state index is 0.0316. The van der Waals surface area contributed by atoms with Crippen LogP contribution in [0.5, 0.6) is 0 Å². The average Bonchev–Trinajstić information content (AvgIpc) is 1.93. The molecule has 0 saturated heterocycles. The standard InChI is InChI=1S/C6H3Cl2FS/c7-3-1-2-4(9)5(8)6(3)10/h1-2,10H. The fourth-order valence-electron chi connectivity index (χ4n) is 0.516. The van der Waals surface area contributed by atoms with Gasteiger partial charge in [-0.2, -0.15) is 0 Å². The summed E-state index contributed by atoms with van der Waals surface area (Å²) in [4.78, 5) is 0.281. The van der Waals surface area contributed by atoms with Gasteiger partial charge < -0.3 is 0 Å². The van der Waals surface area contributed by atoms with Crippen LogP contribution in [-0.4, -0.2) is 0 Å². The first kappa shape index (κ1) is 8.18. The van der Waals surface area contributed by atoms with Gasteiger partial charge in [-0.15, -0.1) is 12.6 Å². The molecular formula is C6H3Cl2FS. The molecule has 0 heterocycles.